The minimum Gasteiger partial charge on any atom is -0.480 e. The molecule has 1 atom stereocenters. The first-order valence-corrected chi connectivity index (χ1v) is 15.1. The van der Waals surface area contributed by atoms with E-state index < -0.39 is 30.1 Å². The molecule has 0 bridgehead atoms. The van der Waals surface area contributed by atoms with Gasteiger partial charge in [-0.15, -0.1) is 0 Å². The Morgan fingerprint density at radius 3 is 1.51 bits per heavy atom. The fraction of sp³-hybridized carbons (Fsp3) is 0.900. The van der Waals surface area contributed by atoms with Crippen LogP contribution in [0.3, 0.4) is 0 Å². The third-order valence-corrected chi connectivity index (χ3v) is 6.70. The maximum atomic E-state index is 13.2. The molecule has 0 spiro atoms. The van der Waals surface area contributed by atoms with E-state index >= 15 is 0 Å². The molecule has 0 saturated carbocycles. The number of carboxylic acids is 1. The van der Waals surface area contributed by atoms with Crippen LogP contribution in [0, 0.1) is 0 Å². The second-order valence-corrected chi connectivity index (χ2v) is 10.3. The number of ether oxygens (including phenoxy) is 3. The number of rotatable bonds is 27. The highest BCUT2D eigenvalue weighted by Crippen LogP contribution is 2.28. The van der Waals surface area contributed by atoms with Gasteiger partial charge in [0.15, 0.2) is 5.60 Å². The standard InChI is InChI=1S/C30H56O7/c1-4-7-10-13-16-19-22-30(37-26-27(31)32,29(34)36-24-21-18-15-12-9-6-3)25-28(33)35-23-20-17-14-11-8-5-2/h4-26H2,1-3H3,(H,31,32). The largest absolute Gasteiger partial charge is 0.480 e. The molecule has 0 radical (unpaired) electrons. The lowest BCUT2D eigenvalue weighted by molar-refractivity contribution is -0.185. The topological polar surface area (TPSA) is 99.1 Å². The number of carbonyl (C=O) groups excluding carboxylic acids is 2. The quantitative estimate of drug-likeness (QED) is 0.0858. The van der Waals surface area contributed by atoms with E-state index in [-0.39, 0.29) is 19.4 Å². The summed E-state index contributed by atoms with van der Waals surface area (Å²) < 4.78 is 16.6. The average Bonchev–Trinajstić information content (AvgIpc) is 2.87. The molecule has 0 aliphatic rings. The third kappa shape index (κ3) is 20.1. The van der Waals surface area contributed by atoms with Crippen LogP contribution < -0.4 is 0 Å². The molecule has 0 aliphatic heterocycles. The van der Waals surface area contributed by atoms with Gasteiger partial charge in [-0.2, -0.15) is 0 Å². The van der Waals surface area contributed by atoms with E-state index in [2.05, 4.69) is 20.8 Å². The van der Waals surface area contributed by atoms with Crippen LogP contribution in [0.2, 0.25) is 0 Å². The van der Waals surface area contributed by atoms with Gasteiger partial charge in [-0.1, -0.05) is 117 Å². The summed E-state index contributed by atoms with van der Waals surface area (Å²) in [5.74, 6) is -2.37. The summed E-state index contributed by atoms with van der Waals surface area (Å²) >= 11 is 0. The smallest absolute Gasteiger partial charge is 0.339 e. The van der Waals surface area contributed by atoms with Crippen molar-refractivity contribution in [3.8, 4) is 0 Å². The molecule has 37 heavy (non-hydrogen) atoms. The zero-order chi connectivity index (χ0) is 27.6. The van der Waals surface area contributed by atoms with Gasteiger partial charge in [0.1, 0.15) is 6.61 Å². The molecule has 0 aromatic heterocycles. The Kier molecular flexibility index (Phi) is 23.6. The van der Waals surface area contributed by atoms with Gasteiger partial charge in [0, 0.05) is 0 Å². The Bertz CT molecular complexity index is 578. The molecule has 0 rings (SSSR count). The molecular formula is C30H56O7. The van der Waals surface area contributed by atoms with E-state index in [9.17, 15) is 19.5 Å². The van der Waals surface area contributed by atoms with Crippen LogP contribution >= 0.6 is 0 Å². The highest BCUT2D eigenvalue weighted by molar-refractivity contribution is 5.86. The molecule has 1 N–H and O–H groups in total. The van der Waals surface area contributed by atoms with Crippen LogP contribution in [0.4, 0.5) is 0 Å². The predicted octanol–water partition coefficient (Wildman–Crippen LogP) is 7.77. The maximum absolute atomic E-state index is 13.2. The zero-order valence-electron chi connectivity index (χ0n) is 24.2. The Balaban J connectivity index is 5.06. The van der Waals surface area contributed by atoms with Crippen molar-refractivity contribution in [1.82, 2.24) is 0 Å². The minimum atomic E-state index is -1.62. The lowest BCUT2D eigenvalue weighted by Crippen LogP contribution is -2.46. The lowest BCUT2D eigenvalue weighted by atomic mass is 9.91. The molecule has 0 amide bonds. The van der Waals surface area contributed by atoms with E-state index in [0.717, 1.165) is 70.6 Å². The van der Waals surface area contributed by atoms with Gasteiger partial charge in [-0.3, -0.25) is 4.79 Å². The molecule has 1 unspecified atom stereocenters. The Hall–Kier alpha value is -1.63. The van der Waals surface area contributed by atoms with Crippen molar-refractivity contribution in [1.29, 1.82) is 0 Å². The normalized spacial score (nSPS) is 12.7. The molecule has 0 aromatic rings. The number of hydrogen-bond donors (Lipinski definition) is 1. The number of carboxylic acid groups (broad SMARTS) is 1. The number of esters is 2. The van der Waals surface area contributed by atoms with E-state index in [1.807, 2.05) is 0 Å². The molecule has 0 heterocycles. The van der Waals surface area contributed by atoms with E-state index in [1.54, 1.807) is 0 Å². The summed E-state index contributed by atoms with van der Waals surface area (Å²) in [7, 11) is 0. The first kappa shape index (κ1) is 35.4. The van der Waals surface area contributed by atoms with Gasteiger partial charge in [0.25, 0.3) is 0 Å². The zero-order valence-corrected chi connectivity index (χ0v) is 24.2. The molecule has 218 valence electrons. The van der Waals surface area contributed by atoms with E-state index in [0.29, 0.717) is 13.0 Å². The fourth-order valence-corrected chi connectivity index (χ4v) is 4.37. The van der Waals surface area contributed by atoms with Gasteiger partial charge < -0.3 is 19.3 Å². The highest BCUT2D eigenvalue weighted by atomic mass is 16.6. The van der Waals surface area contributed by atoms with Crippen LogP contribution in [-0.2, 0) is 28.6 Å². The number of carbonyl (C=O) groups is 3. The van der Waals surface area contributed by atoms with E-state index in [1.165, 1.54) is 38.5 Å². The maximum Gasteiger partial charge on any atom is 0.339 e. The Morgan fingerprint density at radius 2 is 1.03 bits per heavy atom. The van der Waals surface area contributed by atoms with Gasteiger partial charge in [0.05, 0.1) is 19.6 Å². The molecule has 7 nitrogen and oxygen atoms in total. The summed E-state index contributed by atoms with van der Waals surface area (Å²) in [4.78, 5) is 37.3. The summed E-state index contributed by atoms with van der Waals surface area (Å²) in [6.45, 7) is 6.37. The Morgan fingerprint density at radius 1 is 0.595 bits per heavy atom. The van der Waals surface area contributed by atoms with Gasteiger partial charge >= 0.3 is 17.9 Å². The van der Waals surface area contributed by atoms with Crippen molar-refractivity contribution in [2.24, 2.45) is 0 Å². The summed E-state index contributed by atoms with van der Waals surface area (Å²) in [6, 6.07) is 0. The second-order valence-electron chi connectivity index (χ2n) is 10.3. The fourth-order valence-electron chi connectivity index (χ4n) is 4.37. The van der Waals surface area contributed by atoms with E-state index in [4.69, 9.17) is 14.2 Å². The van der Waals surface area contributed by atoms with Crippen molar-refractivity contribution in [3.63, 3.8) is 0 Å². The van der Waals surface area contributed by atoms with Crippen LogP contribution in [0.25, 0.3) is 0 Å². The highest BCUT2D eigenvalue weighted by Gasteiger charge is 2.44. The summed E-state index contributed by atoms with van der Waals surface area (Å²) in [5.41, 5.74) is -1.62. The van der Waals surface area contributed by atoms with Crippen LogP contribution in [0.1, 0.15) is 149 Å². The summed E-state index contributed by atoms with van der Waals surface area (Å²) in [6.07, 6.45) is 18.7. The molecule has 0 aliphatic carbocycles. The van der Waals surface area contributed by atoms with Gasteiger partial charge in [-0.25, -0.2) is 9.59 Å². The van der Waals surface area contributed by atoms with Crippen molar-refractivity contribution < 1.29 is 33.7 Å². The number of hydrogen-bond acceptors (Lipinski definition) is 6. The monoisotopic (exact) mass is 528 g/mol. The average molecular weight is 529 g/mol. The SMILES string of the molecule is CCCCCCCCOC(=O)CC(CCCCCCCC)(OCC(=O)O)C(=O)OCCCCCCCC. The van der Waals surface area contributed by atoms with Crippen LogP contribution in [0.15, 0.2) is 0 Å². The van der Waals surface area contributed by atoms with Crippen LogP contribution in [0.5, 0.6) is 0 Å². The summed E-state index contributed by atoms with van der Waals surface area (Å²) in [5, 5.41) is 9.25. The van der Waals surface area contributed by atoms with Crippen molar-refractivity contribution in [2.75, 3.05) is 19.8 Å². The number of unbranched alkanes of at least 4 members (excludes halogenated alkanes) is 15. The first-order valence-electron chi connectivity index (χ1n) is 15.1. The van der Waals surface area contributed by atoms with Gasteiger partial charge in [-0.05, 0) is 25.7 Å². The van der Waals surface area contributed by atoms with Crippen molar-refractivity contribution >= 4 is 17.9 Å². The number of aliphatic carboxylic acids is 1. The van der Waals surface area contributed by atoms with Gasteiger partial charge in [0.2, 0.25) is 0 Å². The minimum absolute atomic E-state index is 0.243. The molecule has 0 saturated heterocycles. The third-order valence-electron chi connectivity index (χ3n) is 6.70. The first-order chi connectivity index (χ1) is 17.9. The van der Waals surface area contributed by atoms with Crippen molar-refractivity contribution in [3.05, 3.63) is 0 Å². The molecule has 0 aromatic carbocycles. The predicted molar refractivity (Wildman–Crippen MR) is 148 cm³/mol. The Labute approximate surface area is 226 Å². The second kappa shape index (κ2) is 24.7. The van der Waals surface area contributed by atoms with Crippen LogP contribution in [-0.4, -0.2) is 48.4 Å². The molecular weight excluding hydrogens is 472 g/mol. The lowest BCUT2D eigenvalue weighted by Gasteiger charge is -2.30. The molecule has 7 heteroatoms. The molecule has 0 fully saturated rings. The van der Waals surface area contributed by atoms with Crippen molar-refractivity contribution in [2.45, 2.75) is 155 Å².